The number of rotatable bonds is 3. The van der Waals surface area contributed by atoms with Crippen molar-refractivity contribution in [2.24, 2.45) is 5.92 Å². The largest absolute Gasteiger partial charge is 0.418 e. The van der Waals surface area contributed by atoms with Crippen LogP contribution in [0.4, 0.5) is 24.5 Å². The van der Waals surface area contributed by atoms with Crippen LogP contribution in [0.15, 0.2) is 18.2 Å². The van der Waals surface area contributed by atoms with Crippen molar-refractivity contribution in [3.8, 4) is 0 Å². The second kappa shape index (κ2) is 7.21. The molecule has 1 unspecified atom stereocenters. The third kappa shape index (κ3) is 4.24. The van der Waals surface area contributed by atoms with Gasteiger partial charge in [-0.15, -0.1) is 0 Å². The fraction of sp³-hybridized carbons (Fsp3) is 0.588. The number of halogens is 3. The molecule has 138 valence electrons. The Morgan fingerprint density at radius 3 is 2.56 bits per heavy atom. The smallest absolute Gasteiger partial charge is 0.381 e. The van der Waals surface area contributed by atoms with Gasteiger partial charge in [-0.1, -0.05) is 0 Å². The van der Waals surface area contributed by atoms with E-state index in [1.165, 1.54) is 6.07 Å². The van der Waals surface area contributed by atoms with Crippen LogP contribution < -0.4 is 10.2 Å². The minimum absolute atomic E-state index is 0.192. The maximum absolute atomic E-state index is 13.5. The number of carbonyl (C=O) groups excluding carboxylic acids is 1. The number of ether oxygens (including phenoxy) is 1. The highest BCUT2D eigenvalue weighted by molar-refractivity contribution is 5.94. The van der Waals surface area contributed by atoms with Crippen LogP contribution in [0.25, 0.3) is 0 Å². The minimum atomic E-state index is -4.53. The average Bonchev–Trinajstić information content (AvgIpc) is 3.09. The van der Waals surface area contributed by atoms with Gasteiger partial charge in [-0.05, 0) is 31.7 Å². The highest BCUT2D eigenvalue weighted by atomic mass is 19.4. The molecule has 2 aliphatic rings. The zero-order valence-electron chi connectivity index (χ0n) is 14.1. The Labute approximate surface area is 144 Å². The lowest BCUT2D eigenvalue weighted by atomic mass is 10.1. The lowest BCUT2D eigenvalue weighted by molar-refractivity contribution is -0.137. The van der Waals surface area contributed by atoms with Crippen LogP contribution in [-0.2, 0) is 15.7 Å². The molecule has 0 radical (unpaired) electrons. The van der Waals surface area contributed by atoms with E-state index >= 15 is 0 Å². The molecule has 0 spiro atoms. The molecule has 2 fully saturated rings. The number of benzene rings is 1. The Morgan fingerprint density at radius 2 is 1.96 bits per heavy atom. The summed E-state index contributed by atoms with van der Waals surface area (Å²) in [6.07, 6.45) is -4.00. The first-order valence-electron chi connectivity index (χ1n) is 8.38. The monoisotopic (exact) mass is 357 g/mol. The van der Waals surface area contributed by atoms with E-state index in [9.17, 15) is 18.0 Å². The van der Waals surface area contributed by atoms with Crippen LogP contribution in [-0.4, -0.2) is 57.2 Å². The molecule has 1 amide bonds. The first kappa shape index (κ1) is 18.0. The highest BCUT2D eigenvalue weighted by Gasteiger charge is 2.35. The number of hydrogen-bond acceptors (Lipinski definition) is 4. The van der Waals surface area contributed by atoms with Gasteiger partial charge in [0, 0.05) is 38.5 Å². The molecule has 0 aliphatic carbocycles. The van der Waals surface area contributed by atoms with Gasteiger partial charge in [-0.25, -0.2) is 0 Å². The molecule has 8 heteroatoms. The summed E-state index contributed by atoms with van der Waals surface area (Å²) in [5.41, 5.74) is -0.471. The molecule has 1 aromatic carbocycles. The van der Waals surface area contributed by atoms with Crippen molar-refractivity contribution in [2.45, 2.75) is 12.6 Å². The van der Waals surface area contributed by atoms with Gasteiger partial charge < -0.3 is 19.9 Å². The van der Waals surface area contributed by atoms with E-state index in [0.717, 1.165) is 19.2 Å². The number of nitrogens with one attached hydrogen (secondary N) is 1. The molecular weight excluding hydrogens is 335 g/mol. The lowest BCUT2D eigenvalue weighted by Gasteiger charge is -2.34. The minimum Gasteiger partial charge on any atom is -0.381 e. The van der Waals surface area contributed by atoms with Crippen molar-refractivity contribution >= 4 is 17.3 Å². The van der Waals surface area contributed by atoms with Gasteiger partial charge in [-0.2, -0.15) is 13.2 Å². The fourth-order valence-electron chi connectivity index (χ4n) is 3.11. The number of alkyl halides is 3. The standard InChI is InChI=1S/C17H22F3N3O2/c1-22-5-7-23(8-6-22)13-2-3-15(14(10-13)17(18,19)20)21-16(24)12-4-9-25-11-12/h2-3,10,12H,4-9,11H2,1H3,(H,21,24). The predicted molar refractivity (Wildman–Crippen MR) is 88.7 cm³/mol. The summed E-state index contributed by atoms with van der Waals surface area (Å²) in [4.78, 5) is 16.2. The van der Waals surface area contributed by atoms with E-state index in [-0.39, 0.29) is 12.3 Å². The predicted octanol–water partition coefficient (Wildman–Crippen LogP) is 2.43. The molecule has 0 saturated carbocycles. The number of carbonyl (C=O) groups is 1. The highest BCUT2D eigenvalue weighted by Crippen LogP contribution is 2.38. The molecule has 1 atom stereocenters. The van der Waals surface area contributed by atoms with E-state index in [2.05, 4.69) is 10.2 Å². The number of likely N-dealkylation sites (N-methyl/N-ethyl adjacent to an activating group) is 1. The van der Waals surface area contributed by atoms with Crippen molar-refractivity contribution in [3.63, 3.8) is 0 Å². The van der Waals surface area contributed by atoms with Gasteiger partial charge in [0.25, 0.3) is 0 Å². The Balaban J connectivity index is 1.81. The topological polar surface area (TPSA) is 44.8 Å². The molecule has 0 aromatic heterocycles. The summed E-state index contributed by atoms with van der Waals surface area (Å²) in [6, 6.07) is 4.12. The van der Waals surface area contributed by atoms with Gasteiger partial charge >= 0.3 is 6.18 Å². The Morgan fingerprint density at radius 1 is 1.24 bits per heavy atom. The molecule has 2 heterocycles. The van der Waals surface area contributed by atoms with Crippen LogP contribution in [0.3, 0.4) is 0 Å². The maximum Gasteiger partial charge on any atom is 0.418 e. The number of hydrogen-bond donors (Lipinski definition) is 1. The van der Waals surface area contributed by atoms with Crippen molar-refractivity contribution in [1.29, 1.82) is 0 Å². The third-order valence-electron chi connectivity index (χ3n) is 4.74. The zero-order valence-corrected chi connectivity index (χ0v) is 14.1. The summed E-state index contributed by atoms with van der Waals surface area (Å²) >= 11 is 0. The van der Waals surface area contributed by atoms with Gasteiger partial charge in [0.2, 0.25) is 5.91 Å². The average molecular weight is 357 g/mol. The molecule has 1 aromatic rings. The van der Waals surface area contributed by atoms with E-state index in [4.69, 9.17) is 4.74 Å². The molecule has 25 heavy (non-hydrogen) atoms. The van der Waals surface area contributed by atoms with E-state index in [1.807, 2.05) is 11.9 Å². The van der Waals surface area contributed by atoms with Crippen LogP contribution >= 0.6 is 0 Å². The normalized spacial score (nSPS) is 22.2. The van der Waals surface area contributed by atoms with E-state index < -0.39 is 23.6 Å². The van der Waals surface area contributed by atoms with Crippen LogP contribution in [0.5, 0.6) is 0 Å². The van der Waals surface area contributed by atoms with Crippen molar-refractivity contribution in [2.75, 3.05) is 56.7 Å². The lowest BCUT2D eigenvalue weighted by Crippen LogP contribution is -2.44. The second-order valence-corrected chi connectivity index (χ2v) is 6.57. The SMILES string of the molecule is CN1CCN(c2ccc(NC(=O)C3CCOC3)c(C(F)(F)F)c2)CC1. The van der Waals surface area contributed by atoms with Gasteiger partial charge in [0.05, 0.1) is 23.8 Å². The Kier molecular flexibility index (Phi) is 5.19. The zero-order chi connectivity index (χ0) is 18.0. The first-order valence-corrected chi connectivity index (χ1v) is 8.38. The van der Waals surface area contributed by atoms with Gasteiger partial charge in [0.1, 0.15) is 0 Å². The number of amides is 1. The van der Waals surface area contributed by atoms with Crippen molar-refractivity contribution in [3.05, 3.63) is 23.8 Å². The van der Waals surface area contributed by atoms with Crippen LogP contribution in [0, 0.1) is 5.92 Å². The molecule has 5 nitrogen and oxygen atoms in total. The second-order valence-electron chi connectivity index (χ2n) is 6.57. The van der Waals surface area contributed by atoms with Crippen LogP contribution in [0.2, 0.25) is 0 Å². The van der Waals surface area contributed by atoms with Gasteiger partial charge in [0.15, 0.2) is 0 Å². The number of anilines is 2. The molecule has 3 rings (SSSR count). The van der Waals surface area contributed by atoms with Crippen molar-refractivity contribution < 1.29 is 22.7 Å². The summed E-state index contributed by atoms with van der Waals surface area (Å²) in [6.45, 7) is 3.69. The number of nitrogens with zero attached hydrogens (tertiary/aromatic N) is 2. The molecular formula is C17H22F3N3O2. The molecule has 0 bridgehead atoms. The number of piperazine rings is 1. The maximum atomic E-state index is 13.5. The summed E-state index contributed by atoms with van der Waals surface area (Å²) < 4.78 is 45.6. The third-order valence-corrected chi connectivity index (χ3v) is 4.74. The Hall–Kier alpha value is -1.80. The molecule has 2 saturated heterocycles. The summed E-state index contributed by atoms with van der Waals surface area (Å²) in [5.74, 6) is -0.811. The van der Waals surface area contributed by atoms with Crippen molar-refractivity contribution in [1.82, 2.24) is 4.90 Å². The Bertz CT molecular complexity index is 622. The van der Waals surface area contributed by atoms with E-state index in [0.29, 0.717) is 31.8 Å². The van der Waals surface area contributed by atoms with Crippen LogP contribution in [0.1, 0.15) is 12.0 Å². The first-order chi connectivity index (χ1) is 11.8. The quantitative estimate of drug-likeness (QED) is 0.903. The van der Waals surface area contributed by atoms with E-state index in [1.54, 1.807) is 6.07 Å². The molecule has 2 aliphatic heterocycles. The fourth-order valence-corrected chi connectivity index (χ4v) is 3.11. The summed E-state index contributed by atoms with van der Waals surface area (Å²) in [7, 11) is 1.99. The van der Waals surface area contributed by atoms with Gasteiger partial charge in [-0.3, -0.25) is 4.79 Å². The summed E-state index contributed by atoms with van der Waals surface area (Å²) in [5, 5.41) is 2.43. The molecule has 1 N–H and O–H groups in total.